The Kier molecular flexibility index (Phi) is 8.67. The van der Waals surface area contributed by atoms with Crippen LogP contribution in [0.1, 0.15) is 34.5 Å². The van der Waals surface area contributed by atoms with Gasteiger partial charge < -0.3 is 18.9 Å². The Hall–Kier alpha value is -3.34. The number of hydrogen-bond donors (Lipinski definition) is 0. The molecule has 0 radical (unpaired) electrons. The van der Waals surface area contributed by atoms with Crippen LogP contribution in [-0.4, -0.2) is 14.2 Å². The molecule has 0 saturated carbocycles. The first kappa shape index (κ1) is 23.3. The summed E-state index contributed by atoms with van der Waals surface area (Å²) in [5, 5.41) is 0. The van der Waals surface area contributed by atoms with E-state index in [0.29, 0.717) is 13.2 Å². The summed E-state index contributed by atoms with van der Waals surface area (Å²) in [6.45, 7) is 8.86. The molecule has 0 N–H and O–H groups in total. The van der Waals surface area contributed by atoms with Crippen LogP contribution in [0.25, 0.3) is 0 Å². The molecule has 0 fully saturated rings. The maximum Gasteiger partial charge on any atom is 0.118 e. The summed E-state index contributed by atoms with van der Waals surface area (Å²) < 4.78 is 22.7. The van der Waals surface area contributed by atoms with Crippen molar-refractivity contribution in [1.29, 1.82) is 0 Å². The average Bonchev–Trinajstić information content (AvgIpc) is 2.86. The SMILES string of the molecule is C=CC(OCc1ccc(OC)cc1)c1cccc(C(C=C)OCc2ccc(OC)cc2)c1. The minimum Gasteiger partial charge on any atom is -0.497 e. The van der Waals surface area contributed by atoms with E-state index in [0.717, 1.165) is 33.8 Å². The van der Waals surface area contributed by atoms with Crippen molar-refractivity contribution in [2.45, 2.75) is 25.4 Å². The first-order valence-corrected chi connectivity index (χ1v) is 10.5. The molecule has 0 saturated heterocycles. The van der Waals surface area contributed by atoms with Gasteiger partial charge in [-0.25, -0.2) is 0 Å². The predicted molar refractivity (Wildman–Crippen MR) is 128 cm³/mol. The van der Waals surface area contributed by atoms with Gasteiger partial charge >= 0.3 is 0 Å². The minimum atomic E-state index is -0.232. The van der Waals surface area contributed by atoms with E-state index in [4.69, 9.17) is 18.9 Å². The lowest BCUT2D eigenvalue weighted by molar-refractivity contribution is 0.0678. The van der Waals surface area contributed by atoms with Gasteiger partial charge in [-0.05, 0) is 52.6 Å². The fourth-order valence-electron chi connectivity index (χ4n) is 3.33. The molecule has 2 atom stereocenters. The van der Waals surface area contributed by atoms with Crippen molar-refractivity contribution in [3.05, 3.63) is 120 Å². The van der Waals surface area contributed by atoms with Gasteiger partial charge in [-0.15, -0.1) is 13.2 Å². The molecule has 3 aromatic rings. The second-order valence-corrected chi connectivity index (χ2v) is 7.30. The highest BCUT2D eigenvalue weighted by Gasteiger charge is 2.13. The van der Waals surface area contributed by atoms with Crippen LogP contribution >= 0.6 is 0 Å². The van der Waals surface area contributed by atoms with Gasteiger partial charge in [0.25, 0.3) is 0 Å². The second-order valence-electron chi connectivity index (χ2n) is 7.30. The summed E-state index contributed by atoms with van der Waals surface area (Å²) in [4.78, 5) is 0. The Labute approximate surface area is 190 Å². The standard InChI is InChI=1S/C28H30O4/c1-5-27(31-19-21-10-14-25(29-3)15-11-21)23-8-7-9-24(18-23)28(6-2)32-20-22-12-16-26(30-4)17-13-22/h5-18,27-28H,1-2,19-20H2,3-4H3. The molecule has 0 aromatic heterocycles. The van der Waals surface area contributed by atoms with Gasteiger partial charge in [-0.3, -0.25) is 0 Å². The zero-order chi connectivity index (χ0) is 22.8. The van der Waals surface area contributed by atoms with Crippen molar-refractivity contribution >= 4 is 0 Å². The van der Waals surface area contributed by atoms with Crippen LogP contribution in [-0.2, 0) is 22.7 Å². The zero-order valence-electron chi connectivity index (χ0n) is 18.7. The lowest BCUT2D eigenvalue weighted by atomic mass is 10.0. The molecule has 4 heteroatoms. The van der Waals surface area contributed by atoms with Gasteiger partial charge in [0.05, 0.1) is 27.4 Å². The molecule has 0 heterocycles. The van der Waals surface area contributed by atoms with Crippen LogP contribution in [0.5, 0.6) is 11.5 Å². The minimum absolute atomic E-state index is 0.232. The fourth-order valence-corrected chi connectivity index (χ4v) is 3.33. The molecule has 3 rings (SSSR count). The lowest BCUT2D eigenvalue weighted by Gasteiger charge is -2.19. The largest absolute Gasteiger partial charge is 0.497 e. The number of benzene rings is 3. The van der Waals surface area contributed by atoms with Gasteiger partial charge in [0.2, 0.25) is 0 Å². The first-order valence-electron chi connectivity index (χ1n) is 10.5. The van der Waals surface area contributed by atoms with E-state index < -0.39 is 0 Å². The van der Waals surface area contributed by atoms with E-state index in [1.165, 1.54) is 0 Å². The van der Waals surface area contributed by atoms with Gasteiger partial charge in [0, 0.05) is 0 Å². The van der Waals surface area contributed by atoms with Crippen LogP contribution < -0.4 is 9.47 Å². The summed E-state index contributed by atoms with van der Waals surface area (Å²) in [7, 11) is 3.31. The fraction of sp³-hybridized carbons (Fsp3) is 0.214. The molecule has 32 heavy (non-hydrogen) atoms. The molecule has 166 valence electrons. The van der Waals surface area contributed by atoms with Crippen molar-refractivity contribution in [2.24, 2.45) is 0 Å². The quantitative estimate of drug-likeness (QED) is 0.304. The Morgan fingerprint density at radius 2 is 1.06 bits per heavy atom. The molecule has 0 bridgehead atoms. The predicted octanol–water partition coefficient (Wildman–Crippen LogP) is 6.59. The smallest absolute Gasteiger partial charge is 0.118 e. The third kappa shape index (κ3) is 6.33. The normalized spacial score (nSPS) is 12.6. The summed E-state index contributed by atoms with van der Waals surface area (Å²) in [5.74, 6) is 1.65. The summed E-state index contributed by atoms with van der Waals surface area (Å²) >= 11 is 0. The molecule has 2 unspecified atom stereocenters. The highest BCUT2D eigenvalue weighted by atomic mass is 16.5. The van der Waals surface area contributed by atoms with Crippen LogP contribution in [0.4, 0.5) is 0 Å². The number of ether oxygens (including phenoxy) is 4. The van der Waals surface area contributed by atoms with E-state index >= 15 is 0 Å². The van der Waals surface area contributed by atoms with Crippen molar-refractivity contribution in [1.82, 2.24) is 0 Å². The highest BCUT2D eigenvalue weighted by Crippen LogP contribution is 2.27. The Morgan fingerprint density at radius 3 is 1.41 bits per heavy atom. The van der Waals surface area contributed by atoms with Crippen LogP contribution in [0.3, 0.4) is 0 Å². The lowest BCUT2D eigenvalue weighted by Crippen LogP contribution is -2.05. The van der Waals surface area contributed by atoms with Crippen molar-refractivity contribution in [3.63, 3.8) is 0 Å². The van der Waals surface area contributed by atoms with Crippen molar-refractivity contribution in [2.75, 3.05) is 14.2 Å². The molecule has 3 aromatic carbocycles. The van der Waals surface area contributed by atoms with Crippen molar-refractivity contribution in [3.8, 4) is 11.5 Å². The number of hydrogen-bond acceptors (Lipinski definition) is 4. The van der Waals surface area contributed by atoms with Gasteiger partial charge in [-0.2, -0.15) is 0 Å². The maximum atomic E-state index is 6.12. The Balaban J connectivity index is 1.64. The van der Waals surface area contributed by atoms with Crippen molar-refractivity contribution < 1.29 is 18.9 Å². The molecular formula is C28H30O4. The highest BCUT2D eigenvalue weighted by molar-refractivity contribution is 5.31. The molecule has 0 aliphatic heterocycles. The zero-order valence-corrected chi connectivity index (χ0v) is 18.7. The molecular weight excluding hydrogens is 400 g/mol. The average molecular weight is 431 g/mol. The first-order chi connectivity index (χ1) is 15.7. The van der Waals surface area contributed by atoms with Crippen LogP contribution in [0.2, 0.25) is 0 Å². The summed E-state index contributed by atoms with van der Waals surface area (Å²) in [6, 6.07) is 23.9. The van der Waals surface area contributed by atoms with E-state index in [9.17, 15) is 0 Å². The third-order valence-corrected chi connectivity index (χ3v) is 5.17. The van der Waals surface area contributed by atoms with E-state index in [-0.39, 0.29) is 12.2 Å². The molecule has 0 amide bonds. The van der Waals surface area contributed by atoms with Crippen LogP contribution in [0.15, 0.2) is 98.1 Å². The third-order valence-electron chi connectivity index (χ3n) is 5.17. The number of methoxy groups -OCH3 is 2. The molecule has 0 spiro atoms. The number of rotatable bonds is 12. The van der Waals surface area contributed by atoms with Gasteiger partial charge in [0.15, 0.2) is 0 Å². The summed E-state index contributed by atoms with van der Waals surface area (Å²) in [5.41, 5.74) is 4.18. The van der Waals surface area contributed by atoms with Crippen LogP contribution in [0, 0.1) is 0 Å². The molecule has 0 aliphatic rings. The molecule has 0 aliphatic carbocycles. The second kappa shape index (κ2) is 11.9. The maximum absolute atomic E-state index is 6.12. The monoisotopic (exact) mass is 430 g/mol. The van der Waals surface area contributed by atoms with Gasteiger partial charge in [0.1, 0.15) is 23.7 Å². The van der Waals surface area contributed by atoms with E-state index in [2.05, 4.69) is 19.2 Å². The Bertz CT molecular complexity index is 914. The van der Waals surface area contributed by atoms with E-state index in [1.807, 2.05) is 78.9 Å². The topological polar surface area (TPSA) is 36.9 Å². The van der Waals surface area contributed by atoms with Gasteiger partial charge in [-0.1, -0.05) is 54.6 Å². The van der Waals surface area contributed by atoms with E-state index in [1.54, 1.807) is 14.2 Å². The molecule has 4 nitrogen and oxygen atoms in total. The summed E-state index contributed by atoms with van der Waals surface area (Å²) in [6.07, 6.45) is 3.15. The Morgan fingerprint density at radius 1 is 0.656 bits per heavy atom.